The van der Waals surface area contributed by atoms with Gasteiger partial charge in [0.05, 0.1) is 16.2 Å². The van der Waals surface area contributed by atoms with Crippen LogP contribution in [0.2, 0.25) is 5.02 Å². The third-order valence-corrected chi connectivity index (χ3v) is 5.52. The van der Waals surface area contributed by atoms with E-state index in [0.717, 1.165) is 22.0 Å². The average molecular weight is 437 g/mol. The number of nitrogens with zero attached hydrogens (tertiary/aromatic N) is 4. The Kier molecular flexibility index (Phi) is 5.73. The third-order valence-electron chi connectivity index (χ3n) is 5.17. The van der Waals surface area contributed by atoms with Crippen molar-refractivity contribution in [2.45, 2.75) is 6.54 Å². The standard InChI is InChI=1S/C22H21ClN6O2/c23-17-5-2-14(9-18(17)24)3-6-20(30)29-8-7-28(21(31)12-29)11-15-1-4-16-19(10-15)26-13-27-22(16)25/h1-6,9-10,13H,7-8,11-12,24H2,(H2,25,26,27)/b6-3+. The molecule has 0 atom stereocenters. The highest BCUT2D eigenvalue weighted by atomic mass is 35.5. The summed E-state index contributed by atoms with van der Waals surface area (Å²) in [5.41, 5.74) is 14.5. The second-order valence-corrected chi connectivity index (χ2v) is 7.71. The molecule has 8 nitrogen and oxygen atoms in total. The molecule has 1 aliphatic rings. The Labute approximate surface area is 184 Å². The summed E-state index contributed by atoms with van der Waals surface area (Å²) in [6.07, 6.45) is 4.52. The van der Waals surface area contributed by atoms with E-state index < -0.39 is 0 Å². The van der Waals surface area contributed by atoms with E-state index in [1.54, 1.807) is 29.2 Å². The quantitative estimate of drug-likeness (QED) is 0.478. The first kappa shape index (κ1) is 20.6. The van der Waals surface area contributed by atoms with Crippen molar-refractivity contribution < 1.29 is 9.59 Å². The van der Waals surface area contributed by atoms with Gasteiger partial charge in [0.2, 0.25) is 11.8 Å². The molecule has 0 unspecified atom stereocenters. The van der Waals surface area contributed by atoms with Crippen LogP contribution in [-0.4, -0.2) is 51.2 Å². The molecule has 1 aliphatic heterocycles. The molecular weight excluding hydrogens is 416 g/mol. The van der Waals surface area contributed by atoms with E-state index in [1.807, 2.05) is 18.2 Å². The van der Waals surface area contributed by atoms with Crippen molar-refractivity contribution >= 4 is 51.9 Å². The molecule has 158 valence electrons. The lowest BCUT2D eigenvalue weighted by Crippen LogP contribution is -2.51. The Morgan fingerprint density at radius 1 is 1.13 bits per heavy atom. The molecule has 9 heteroatoms. The fourth-order valence-electron chi connectivity index (χ4n) is 3.44. The first-order chi connectivity index (χ1) is 14.9. The van der Waals surface area contributed by atoms with Crippen LogP contribution in [0.5, 0.6) is 0 Å². The second-order valence-electron chi connectivity index (χ2n) is 7.30. The average Bonchev–Trinajstić information content (AvgIpc) is 2.76. The van der Waals surface area contributed by atoms with Crippen molar-refractivity contribution in [3.63, 3.8) is 0 Å². The number of fused-ring (bicyclic) bond motifs is 1. The molecule has 31 heavy (non-hydrogen) atoms. The van der Waals surface area contributed by atoms with E-state index >= 15 is 0 Å². The van der Waals surface area contributed by atoms with E-state index in [9.17, 15) is 9.59 Å². The van der Waals surface area contributed by atoms with Crippen LogP contribution in [-0.2, 0) is 16.1 Å². The van der Waals surface area contributed by atoms with Gasteiger partial charge in [-0.1, -0.05) is 23.7 Å². The highest BCUT2D eigenvalue weighted by Crippen LogP contribution is 2.21. The predicted octanol–water partition coefficient (Wildman–Crippen LogP) is 2.33. The maximum atomic E-state index is 12.6. The Balaban J connectivity index is 1.38. The third kappa shape index (κ3) is 4.59. The normalized spacial score (nSPS) is 14.5. The Morgan fingerprint density at radius 3 is 2.74 bits per heavy atom. The predicted molar refractivity (Wildman–Crippen MR) is 121 cm³/mol. The Hall–Kier alpha value is -3.65. The van der Waals surface area contributed by atoms with Gasteiger partial charge in [-0.15, -0.1) is 0 Å². The minimum absolute atomic E-state index is 0.0363. The van der Waals surface area contributed by atoms with Crippen LogP contribution in [0.15, 0.2) is 48.8 Å². The van der Waals surface area contributed by atoms with Crippen LogP contribution in [0.3, 0.4) is 0 Å². The van der Waals surface area contributed by atoms with Gasteiger partial charge in [-0.25, -0.2) is 9.97 Å². The minimum atomic E-state index is -0.223. The molecule has 2 aromatic carbocycles. The van der Waals surface area contributed by atoms with E-state index in [-0.39, 0.29) is 18.4 Å². The van der Waals surface area contributed by atoms with Crippen molar-refractivity contribution in [1.82, 2.24) is 19.8 Å². The largest absolute Gasteiger partial charge is 0.398 e. The van der Waals surface area contributed by atoms with Gasteiger partial charge < -0.3 is 21.3 Å². The molecule has 0 aliphatic carbocycles. The summed E-state index contributed by atoms with van der Waals surface area (Å²) in [6.45, 7) is 1.39. The molecule has 1 fully saturated rings. The zero-order valence-corrected chi connectivity index (χ0v) is 17.4. The lowest BCUT2D eigenvalue weighted by atomic mass is 10.1. The summed E-state index contributed by atoms with van der Waals surface area (Å²) < 4.78 is 0. The maximum absolute atomic E-state index is 12.6. The summed E-state index contributed by atoms with van der Waals surface area (Å²) in [4.78, 5) is 36.6. The number of hydrogen-bond acceptors (Lipinski definition) is 6. The highest BCUT2D eigenvalue weighted by molar-refractivity contribution is 6.33. The molecule has 1 saturated heterocycles. The van der Waals surface area contributed by atoms with Gasteiger partial charge in [-0.2, -0.15) is 0 Å². The van der Waals surface area contributed by atoms with Gasteiger partial charge in [0, 0.05) is 31.1 Å². The topological polar surface area (TPSA) is 118 Å². The van der Waals surface area contributed by atoms with Crippen molar-refractivity contribution in [2.24, 2.45) is 0 Å². The number of aromatic nitrogens is 2. The Bertz CT molecular complexity index is 1200. The van der Waals surface area contributed by atoms with Crippen molar-refractivity contribution in [1.29, 1.82) is 0 Å². The van der Waals surface area contributed by atoms with Crippen LogP contribution in [0, 0.1) is 0 Å². The van der Waals surface area contributed by atoms with Gasteiger partial charge in [0.15, 0.2) is 0 Å². The van der Waals surface area contributed by atoms with Gasteiger partial charge >= 0.3 is 0 Å². The van der Waals surface area contributed by atoms with E-state index in [4.69, 9.17) is 23.1 Å². The van der Waals surface area contributed by atoms with Gasteiger partial charge in [0.1, 0.15) is 18.7 Å². The number of halogens is 1. The number of carbonyl (C=O) groups is 2. The zero-order chi connectivity index (χ0) is 22.0. The number of nitrogens with two attached hydrogens (primary N) is 2. The zero-order valence-electron chi connectivity index (χ0n) is 16.7. The molecule has 1 aromatic heterocycles. The van der Waals surface area contributed by atoms with Gasteiger partial charge in [-0.3, -0.25) is 9.59 Å². The number of carbonyl (C=O) groups excluding carboxylic acids is 2. The van der Waals surface area contributed by atoms with E-state index in [2.05, 4.69) is 9.97 Å². The summed E-state index contributed by atoms with van der Waals surface area (Å²) in [5.74, 6) is 0.0968. The Morgan fingerprint density at radius 2 is 1.97 bits per heavy atom. The van der Waals surface area contributed by atoms with Crippen molar-refractivity contribution in [3.8, 4) is 0 Å². The van der Waals surface area contributed by atoms with E-state index in [0.29, 0.717) is 36.2 Å². The lowest BCUT2D eigenvalue weighted by Gasteiger charge is -2.34. The summed E-state index contributed by atoms with van der Waals surface area (Å²) in [7, 11) is 0. The summed E-state index contributed by atoms with van der Waals surface area (Å²) >= 11 is 5.91. The number of anilines is 2. The molecule has 2 heterocycles. The number of amides is 2. The lowest BCUT2D eigenvalue weighted by molar-refractivity contribution is -0.143. The molecule has 3 aromatic rings. The molecule has 0 radical (unpaired) electrons. The first-order valence-electron chi connectivity index (χ1n) is 9.69. The van der Waals surface area contributed by atoms with Crippen LogP contribution < -0.4 is 11.5 Å². The minimum Gasteiger partial charge on any atom is -0.398 e. The SMILES string of the molecule is Nc1cc(/C=C/C(=O)N2CCN(Cc3ccc4c(N)ncnc4c3)C(=O)C2)ccc1Cl. The molecule has 4 N–H and O–H groups in total. The van der Waals surface area contributed by atoms with Crippen LogP contribution in [0.1, 0.15) is 11.1 Å². The van der Waals surface area contributed by atoms with E-state index in [1.165, 1.54) is 17.3 Å². The van der Waals surface area contributed by atoms with Crippen LogP contribution in [0.25, 0.3) is 17.0 Å². The molecule has 0 spiro atoms. The summed E-state index contributed by atoms with van der Waals surface area (Å²) in [6, 6.07) is 10.8. The van der Waals surface area contributed by atoms with Crippen LogP contribution in [0.4, 0.5) is 11.5 Å². The maximum Gasteiger partial charge on any atom is 0.247 e. The smallest absolute Gasteiger partial charge is 0.247 e. The highest BCUT2D eigenvalue weighted by Gasteiger charge is 2.26. The molecular formula is C22H21ClN6O2. The number of benzene rings is 2. The second kappa shape index (κ2) is 8.61. The molecule has 2 amide bonds. The number of piperazine rings is 1. The fraction of sp³-hybridized carbons (Fsp3) is 0.182. The molecule has 0 bridgehead atoms. The van der Waals surface area contributed by atoms with Crippen molar-refractivity contribution in [3.05, 3.63) is 65.0 Å². The van der Waals surface area contributed by atoms with Crippen molar-refractivity contribution in [2.75, 3.05) is 31.1 Å². The first-order valence-corrected chi connectivity index (χ1v) is 10.1. The number of hydrogen-bond donors (Lipinski definition) is 2. The monoisotopic (exact) mass is 436 g/mol. The number of nitrogen functional groups attached to an aromatic ring is 2. The van der Waals surface area contributed by atoms with Gasteiger partial charge in [-0.05, 0) is 41.5 Å². The summed E-state index contributed by atoms with van der Waals surface area (Å²) in [5, 5.41) is 1.25. The fourth-order valence-corrected chi connectivity index (χ4v) is 3.56. The number of rotatable bonds is 4. The van der Waals surface area contributed by atoms with Crippen LogP contribution >= 0.6 is 11.6 Å². The molecule has 4 rings (SSSR count). The molecule has 0 saturated carbocycles. The van der Waals surface area contributed by atoms with Gasteiger partial charge in [0.25, 0.3) is 0 Å².